The van der Waals surface area contributed by atoms with Crippen molar-refractivity contribution in [1.82, 2.24) is 0 Å². The molecule has 0 bridgehead atoms. The molecule has 0 saturated carbocycles. The number of fused-ring (bicyclic) bond motifs is 1. The third-order valence-corrected chi connectivity index (χ3v) is 3.91. The summed E-state index contributed by atoms with van der Waals surface area (Å²) in [4.78, 5) is 11.1. The van der Waals surface area contributed by atoms with Crippen LogP contribution in [0, 0.1) is 5.82 Å². The summed E-state index contributed by atoms with van der Waals surface area (Å²) in [5.74, 6) is -1.11. The Balaban J connectivity index is 2.12. The van der Waals surface area contributed by atoms with Gasteiger partial charge >= 0.3 is 5.97 Å². The van der Waals surface area contributed by atoms with Gasteiger partial charge in [-0.05, 0) is 58.5 Å². The van der Waals surface area contributed by atoms with E-state index in [2.05, 4.69) is 0 Å². The molecule has 1 N–H and O–H groups in total. The van der Waals surface area contributed by atoms with E-state index in [1.165, 1.54) is 12.1 Å². The van der Waals surface area contributed by atoms with Crippen molar-refractivity contribution in [3.05, 3.63) is 76.6 Å². The molecule has 0 amide bonds. The predicted octanol–water partition coefficient (Wildman–Crippen LogP) is 4.63. The van der Waals surface area contributed by atoms with Crippen LogP contribution in [0.5, 0.6) is 0 Å². The summed E-state index contributed by atoms with van der Waals surface area (Å²) in [6, 6.07) is 14.1. The number of carbonyl (C=O) groups is 1. The van der Waals surface area contributed by atoms with Crippen LogP contribution in [0.1, 0.15) is 30.0 Å². The van der Waals surface area contributed by atoms with Gasteiger partial charge in [-0.3, -0.25) is 4.79 Å². The molecule has 2 aromatic carbocycles. The fraction of sp³-hybridized carbons (Fsp3) is 0.105. The highest BCUT2D eigenvalue weighted by atomic mass is 19.1. The number of carboxylic acids is 1. The molecule has 110 valence electrons. The second-order valence-electron chi connectivity index (χ2n) is 5.33. The van der Waals surface area contributed by atoms with Crippen molar-refractivity contribution in [3.8, 4) is 0 Å². The van der Waals surface area contributed by atoms with E-state index in [1.807, 2.05) is 37.3 Å². The molecule has 0 heterocycles. The van der Waals surface area contributed by atoms with Crippen molar-refractivity contribution < 1.29 is 14.3 Å². The first-order valence-corrected chi connectivity index (χ1v) is 7.05. The van der Waals surface area contributed by atoms with E-state index in [-0.39, 0.29) is 12.2 Å². The van der Waals surface area contributed by atoms with Gasteiger partial charge in [-0.2, -0.15) is 0 Å². The molecule has 1 aliphatic carbocycles. The first-order chi connectivity index (χ1) is 10.6. The number of halogens is 1. The molecule has 3 heteroatoms. The lowest BCUT2D eigenvalue weighted by molar-refractivity contribution is -0.135. The minimum atomic E-state index is -0.841. The number of hydrogen-bond acceptors (Lipinski definition) is 1. The number of rotatable bonds is 3. The van der Waals surface area contributed by atoms with Crippen LogP contribution in [0.25, 0.3) is 17.2 Å². The summed E-state index contributed by atoms with van der Waals surface area (Å²) in [5, 5.41) is 9.13. The van der Waals surface area contributed by atoms with Crippen LogP contribution < -0.4 is 0 Å². The Morgan fingerprint density at radius 1 is 1.09 bits per heavy atom. The maximum atomic E-state index is 13.0. The molecule has 0 aliphatic heterocycles. The summed E-state index contributed by atoms with van der Waals surface area (Å²) in [7, 11) is 0. The van der Waals surface area contributed by atoms with Crippen molar-refractivity contribution in [2.24, 2.45) is 0 Å². The van der Waals surface area contributed by atoms with E-state index in [4.69, 9.17) is 5.11 Å². The third-order valence-electron chi connectivity index (χ3n) is 3.91. The average Bonchev–Trinajstić information content (AvgIpc) is 2.75. The number of benzene rings is 2. The molecule has 2 nitrogen and oxygen atoms in total. The largest absolute Gasteiger partial charge is 0.481 e. The number of aliphatic carboxylic acids is 1. The Hall–Kier alpha value is -2.68. The van der Waals surface area contributed by atoms with Crippen molar-refractivity contribution in [3.63, 3.8) is 0 Å². The molecule has 0 fully saturated rings. The van der Waals surface area contributed by atoms with Gasteiger partial charge in [0, 0.05) is 0 Å². The van der Waals surface area contributed by atoms with Crippen LogP contribution >= 0.6 is 0 Å². The van der Waals surface area contributed by atoms with Crippen LogP contribution in [0.3, 0.4) is 0 Å². The highest BCUT2D eigenvalue weighted by molar-refractivity contribution is 6.07. The Morgan fingerprint density at radius 3 is 2.36 bits per heavy atom. The van der Waals surface area contributed by atoms with Gasteiger partial charge in [0.1, 0.15) is 5.82 Å². The van der Waals surface area contributed by atoms with Gasteiger partial charge in [-0.1, -0.05) is 36.4 Å². The lowest BCUT2D eigenvalue weighted by Crippen LogP contribution is -1.96. The molecular weight excluding hydrogens is 279 g/mol. The molecule has 1 aliphatic rings. The lowest BCUT2D eigenvalue weighted by atomic mass is 10.0. The zero-order valence-electron chi connectivity index (χ0n) is 12.1. The third kappa shape index (κ3) is 2.58. The maximum absolute atomic E-state index is 13.0. The second-order valence-corrected chi connectivity index (χ2v) is 5.33. The number of allylic oxidation sites excluding steroid dienone is 2. The van der Waals surface area contributed by atoms with Crippen LogP contribution in [0.15, 0.2) is 54.1 Å². The first-order valence-electron chi connectivity index (χ1n) is 7.05. The molecule has 0 spiro atoms. The normalized spacial score (nSPS) is 15.3. The SMILES string of the molecule is CC1=C(CC(=O)O)c2ccccc2/C1=C\c1ccc(F)cc1. The molecule has 0 saturated heterocycles. The quantitative estimate of drug-likeness (QED) is 0.896. The molecule has 0 unspecified atom stereocenters. The Bertz CT molecular complexity index is 798. The van der Waals surface area contributed by atoms with E-state index < -0.39 is 5.97 Å². The van der Waals surface area contributed by atoms with Crippen LogP contribution in [0.4, 0.5) is 4.39 Å². The summed E-state index contributed by atoms with van der Waals surface area (Å²) in [6.45, 7) is 1.94. The van der Waals surface area contributed by atoms with Gasteiger partial charge in [0.05, 0.1) is 6.42 Å². The predicted molar refractivity (Wildman–Crippen MR) is 85.6 cm³/mol. The monoisotopic (exact) mass is 294 g/mol. The fourth-order valence-electron chi connectivity index (χ4n) is 2.84. The second kappa shape index (κ2) is 5.60. The zero-order valence-corrected chi connectivity index (χ0v) is 12.1. The van der Waals surface area contributed by atoms with Crippen LogP contribution in [-0.2, 0) is 4.79 Å². The summed E-state index contributed by atoms with van der Waals surface area (Å²) < 4.78 is 13.0. The Kier molecular flexibility index (Phi) is 3.63. The van der Waals surface area contributed by atoms with Gasteiger partial charge in [-0.25, -0.2) is 4.39 Å². The molecule has 3 rings (SSSR count). The summed E-state index contributed by atoms with van der Waals surface area (Å²) >= 11 is 0. The fourth-order valence-corrected chi connectivity index (χ4v) is 2.84. The van der Waals surface area contributed by atoms with E-state index >= 15 is 0 Å². The lowest BCUT2D eigenvalue weighted by Gasteiger charge is -2.04. The van der Waals surface area contributed by atoms with Gasteiger partial charge in [-0.15, -0.1) is 0 Å². The Labute approximate surface area is 128 Å². The average molecular weight is 294 g/mol. The van der Waals surface area contributed by atoms with Gasteiger partial charge in [0.2, 0.25) is 0 Å². The van der Waals surface area contributed by atoms with Crippen molar-refractivity contribution in [1.29, 1.82) is 0 Å². The highest BCUT2D eigenvalue weighted by Crippen LogP contribution is 2.43. The van der Waals surface area contributed by atoms with Gasteiger partial charge < -0.3 is 5.11 Å². The maximum Gasteiger partial charge on any atom is 0.307 e. The van der Waals surface area contributed by atoms with E-state index in [0.29, 0.717) is 0 Å². The molecule has 0 radical (unpaired) electrons. The van der Waals surface area contributed by atoms with E-state index in [9.17, 15) is 9.18 Å². The first kappa shape index (κ1) is 14.3. The van der Waals surface area contributed by atoms with Gasteiger partial charge in [0.25, 0.3) is 0 Å². The van der Waals surface area contributed by atoms with Crippen molar-refractivity contribution >= 4 is 23.2 Å². The summed E-state index contributed by atoms with van der Waals surface area (Å²) in [6.07, 6.45) is 1.98. The molecule has 0 aromatic heterocycles. The van der Waals surface area contributed by atoms with Gasteiger partial charge in [0.15, 0.2) is 0 Å². The Morgan fingerprint density at radius 2 is 1.73 bits per heavy atom. The van der Waals surface area contributed by atoms with Crippen molar-refractivity contribution in [2.75, 3.05) is 0 Å². The van der Waals surface area contributed by atoms with Crippen molar-refractivity contribution in [2.45, 2.75) is 13.3 Å². The van der Waals surface area contributed by atoms with E-state index in [1.54, 1.807) is 12.1 Å². The summed E-state index contributed by atoms with van der Waals surface area (Å²) in [5.41, 5.74) is 5.70. The minimum Gasteiger partial charge on any atom is -0.481 e. The van der Waals surface area contributed by atoms with Crippen LogP contribution in [-0.4, -0.2) is 11.1 Å². The minimum absolute atomic E-state index is 0.00358. The molecular formula is C19H15FO2. The number of hydrogen-bond donors (Lipinski definition) is 1. The molecule has 22 heavy (non-hydrogen) atoms. The van der Waals surface area contributed by atoms with E-state index in [0.717, 1.165) is 33.4 Å². The molecule has 0 atom stereocenters. The highest BCUT2D eigenvalue weighted by Gasteiger charge is 2.24. The smallest absolute Gasteiger partial charge is 0.307 e. The molecule has 2 aromatic rings. The van der Waals surface area contributed by atoms with Crippen LogP contribution in [0.2, 0.25) is 0 Å². The standard InChI is InChI=1S/C19H15FO2/c1-12-17(10-13-6-8-14(20)9-7-13)15-4-2-3-5-16(15)18(12)11-19(21)22/h2-10H,11H2,1H3,(H,21,22)/b17-10-. The number of carboxylic acid groups (broad SMARTS) is 1. The topological polar surface area (TPSA) is 37.3 Å². The zero-order chi connectivity index (χ0) is 15.7.